The molecule has 2 N–H and O–H groups in total. The van der Waals surface area contributed by atoms with Gasteiger partial charge in [0.1, 0.15) is 11.6 Å². The number of rotatable bonds is 7. The van der Waals surface area contributed by atoms with Gasteiger partial charge in [-0.05, 0) is 61.2 Å². The second-order valence-corrected chi connectivity index (χ2v) is 9.40. The summed E-state index contributed by atoms with van der Waals surface area (Å²) in [5, 5.41) is 2.72. The van der Waals surface area contributed by atoms with Crippen molar-refractivity contribution >= 4 is 33.5 Å². The molecule has 1 heterocycles. The highest BCUT2D eigenvalue weighted by atomic mass is 32.2. The van der Waals surface area contributed by atoms with Crippen molar-refractivity contribution in [2.75, 3.05) is 10.0 Å². The van der Waals surface area contributed by atoms with Crippen LogP contribution in [0.25, 0.3) is 6.08 Å². The molecule has 1 amide bonds. The van der Waals surface area contributed by atoms with Crippen molar-refractivity contribution in [2.45, 2.75) is 38.5 Å². The van der Waals surface area contributed by atoms with E-state index < -0.39 is 10.0 Å². The molecule has 0 fully saturated rings. The molecule has 8 heteroatoms. The first-order valence-electron chi connectivity index (χ1n) is 10.2. The molecule has 0 radical (unpaired) electrons. The van der Waals surface area contributed by atoms with Crippen molar-refractivity contribution in [3.05, 3.63) is 83.3 Å². The van der Waals surface area contributed by atoms with E-state index in [1.165, 1.54) is 35.9 Å². The summed E-state index contributed by atoms with van der Waals surface area (Å²) >= 11 is 0. The number of benzene rings is 2. The molecule has 0 aliphatic rings. The van der Waals surface area contributed by atoms with Crippen LogP contribution < -0.4 is 10.0 Å². The summed E-state index contributed by atoms with van der Waals surface area (Å²) < 4.78 is 27.7. The maximum atomic E-state index is 12.6. The molecule has 0 unspecified atom stereocenters. The van der Waals surface area contributed by atoms with Crippen molar-refractivity contribution in [3.8, 4) is 0 Å². The Morgan fingerprint density at radius 1 is 0.969 bits per heavy atom. The van der Waals surface area contributed by atoms with Crippen molar-refractivity contribution < 1.29 is 13.2 Å². The lowest BCUT2D eigenvalue weighted by Crippen LogP contribution is -2.15. The average Bonchev–Trinajstić information content (AvgIpc) is 2.72. The summed E-state index contributed by atoms with van der Waals surface area (Å²) in [6.45, 7) is 7.71. The smallest absolute Gasteiger partial charge is 0.263 e. The predicted octanol–water partition coefficient (Wildman–Crippen LogP) is 4.67. The number of nitrogens with zero attached hydrogens (tertiary/aromatic N) is 2. The first-order valence-corrected chi connectivity index (χ1v) is 11.6. The third-order valence-electron chi connectivity index (χ3n) is 4.67. The maximum absolute atomic E-state index is 12.6. The lowest BCUT2D eigenvalue weighted by atomic mass is 10.0. The van der Waals surface area contributed by atoms with E-state index >= 15 is 0 Å². The third kappa shape index (κ3) is 6.24. The van der Waals surface area contributed by atoms with Gasteiger partial charge >= 0.3 is 0 Å². The van der Waals surface area contributed by atoms with Crippen molar-refractivity contribution in [1.82, 2.24) is 9.97 Å². The Hall–Kier alpha value is -3.52. The first kappa shape index (κ1) is 23.1. The van der Waals surface area contributed by atoms with Gasteiger partial charge in [-0.3, -0.25) is 9.52 Å². The fourth-order valence-corrected chi connectivity index (χ4v) is 4.02. The number of hydrogen-bond donors (Lipinski definition) is 2. The van der Waals surface area contributed by atoms with Crippen LogP contribution in [-0.2, 0) is 14.8 Å². The summed E-state index contributed by atoms with van der Waals surface area (Å²) in [5.74, 6) is 0.828. The largest absolute Gasteiger partial charge is 0.323 e. The van der Waals surface area contributed by atoms with Crippen LogP contribution in [0.4, 0.5) is 11.5 Å². The number of anilines is 2. The molecule has 0 aliphatic heterocycles. The quantitative estimate of drug-likeness (QED) is 0.510. The minimum atomic E-state index is -3.82. The number of aryl methyl sites for hydroxylation is 2. The fourth-order valence-electron chi connectivity index (χ4n) is 3.03. The van der Waals surface area contributed by atoms with Crippen LogP contribution in [0, 0.1) is 13.8 Å². The highest BCUT2D eigenvalue weighted by Gasteiger charge is 2.15. The van der Waals surface area contributed by atoms with E-state index in [1.54, 1.807) is 26.0 Å². The van der Waals surface area contributed by atoms with Crippen LogP contribution >= 0.6 is 0 Å². The van der Waals surface area contributed by atoms with E-state index in [1.807, 2.05) is 24.3 Å². The molecule has 3 rings (SSSR count). The highest BCUT2D eigenvalue weighted by molar-refractivity contribution is 7.92. The van der Waals surface area contributed by atoms with Gasteiger partial charge in [0.15, 0.2) is 0 Å². The molecule has 0 saturated carbocycles. The summed E-state index contributed by atoms with van der Waals surface area (Å²) in [5.41, 5.74) is 3.31. The van der Waals surface area contributed by atoms with Crippen LogP contribution in [0.15, 0.2) is 65.6 Å². The predicted molar refractivity (Wildman–Crippen MR) is 127 cm³/mol. The number of hydrogen-bond acceptors (Lipinski definition) is 5. The summed E-state index contributed by atoms with van der Waals surface area (Å²) in [4.78, 5) is 20.5. The third-order valence-corrected chi connectivity index (χ3v) is 6.04. The number of carbonyl (C=O) groups is 1. The van der Waals surface area contributed by atoms with Gasteiger partial charge in [-0.25, -0.2) is 18.4 Å². The first-order chi connectivity index (χ1) is 15.1. The van der Waals surface area contributed by atoms with Gasteiger partial charge in [-0.15, -0.1) is 0 Å². The van der Waals surface area contributed by atoms with Gasteiger partial charge in [0.2, 0.25) is 5.91 Å². The normalized spacial score (nSPS) is 11.7. The number of sulfonamides is 1. The van der Waals surface area contributed by atoms with Crippen LogP contribution in [-0.4, -0.2) is 24.3 Å². The molecule has 0 spiro atoms. The van der Waals surface area contributed by atoms with Gasteiger partial charge < -0.3 is 5.32 Å². The fraction of sp³-hybridized carbons (Fsp3) is 0.208. The molecule has 7 nitrogen and oxygen atoms in total. The van der Waals surface area contributed by atoms with Crippen LogP contribution in [0.5, 0.6) is 0 Å². The van der Waals surface area contributed by atoms with Crippen molar-refractivity contribution in [1.29, 1.82) is 0 Å². The zero-order valence-electron chi connectivity index (χ0n) is 18.5. The zero-order chi connectivity index (χ0) is 23.3. The van der Waals surface area contributed by atoms with E-state index in [9.17, 15) is 13.2 Å². The molecule has 32 heavy (non-hydrogen) atoms. The van der Waals surface area contributed by atoms with Crippen molar-refractivity contribution in [2.24, 2.45) is 0 Å². The number of nitrogens with one attached hydrogen (secondary N) is 2. The van der Waals surface area contributed by atoms with E-state index in [-0.39, 0.29) is 16.6 Å². The molecular formula is C24H26N4O3S. The van der Waals surface area contributed by atoms with E-state index in [4.69, 9.17) is 0 Å². The van der Waals surface area contributed by atoms with E-state index in [0.29, 0.717) is 23.1 Å². The maximum Gasteiger partial charge on any atom is 0.263 e. The van der Waals surface area contributed by atoms with E-state index in [0.717, 1.165) is 5.56 Å². The average molecular weight is 451 g/mol. The minimum absolute atomic E-state index is 0.0604. The van der Waals surface area contributed by atoms with Crippen molar-refractivity contribution in [3.63, 3.8) is 0 Å². The Labute approximate surface area is 188 Å². The summed E-state index contributed by atoms with van der Waals surface area (Å²) in [6.07, 6.45) is 3.17. The molecule has 166 valence electrons. The molecule has 0 aliphatic carbocycles. The van der Waals surface area contributed by atoms with Gasteiger partial charge in [0.25, 0.3) is 10.0 Å². The molecule has 1 aromatic heterocycles. The topological polar surface area (TPSA) is 101 Å². The summed E-state index contributed by atoms with van der Waals surface area (Å²) in [6, 6.07) is 15.5. The lowest BCUT2D eigenvalue weighted by molar-refractivity contribution is -0.111. The number of amides is 1. The molecule has 2 aromatic carbocycles. The molecule has 0 atom stereocenters. The van der Waals surface area contributed by atoms with Gasteiger partial charge in [-0.1, -0.05) is 38.1 Å². The Bertz CT molecular complexity index is 1210. The monoisotopic (exact) mass is 450 g/mol. The Balaban J connectivity index is 1.63. The Kier molecular flexibility index (Phi) is 7.05. The van der Waals surface area contributed by atoms with Gasteiger partial charge in [0.05, 0.1) is 4.90 Å². The minimum Gasteiger partial charge on any atom is -0.323 e. The standard InChI is InChI=1S/C24H26N4O3S/c1-16(2)20-8-5-19(6-9-20)7-14-24(29)27-21-10-12-22(13-11-21)32(30,31)28-23-15-17(3)25-18(4)26-23/h5-16H,1-4H3,(H,27,29)(H,25,26,28)/b14-7+. The second-order valence-electron chi connectivity index (χ2n) is 7.72. The van der Waals surface area contributed by atoms with Crippen LogP contribution in [0.1, 0.15) is 42.4 Å². The SMILES string of the molecule is Cc1cc(NS(=O)(=O)c2ccc(NC(=O)/C=C/c3ccc(C(C)C)cc3)cc2)nc(C)n1. The van der Waals surface area contributed by atoms with Crippen LogP contribution in [0.3, 0.4) is 0 Å². The molecule has 0 bridgehead atoms. The Morgan fingerprint density at radius 2 is 1.62 bits per heavy atom. The summed E-state index contributed by atoms with van der Waals surface area (Å²) in [7, 11) is -3.82. The Morgan fingerprint density at radius 3 is 2.22 bits per heavy atom. The van der Waals surface area contributed by atoms with Gasteiger partial charge in [0, 0.05) is 23.5 Å². The lowest BCUT2D eigenvalue weighted by Gasteiger charge is -2.09. The molecule has 0 saturated heterocycles. The van der Waals surface area contributed by atoms with Gasteiger partial charge in [-0.2, -0.15) is 0 Å². The zero-order valence-corrected chi connectivity index (χ0v) is 19.3. The second kappa shape index (κ2) is 9.74. The highest BCUT2D eigenvalue weighted by Crippen LogP contribution is 2.18. The van der Waals surface area contributed by atoms with E-state index in [2.05, 4.69) is 33.9 Å². The number of aromatic nitrogens is 2. The number of carbonyl (C=O) groups excluding carboxylic acids is 1. The van der Waals surface area contributed by atoms with Crippen LogP contribution in [0.2, 0.25) is 0 Å². The molecule has 3 aromatic rings. The molecular weight excluding hydrogens is 424 g/mol.